The Morgan fingerprint density at radius 3 is 2.42 bits per heavy atom. The van der Waals surface area contributed by atoms with E-state index in [2.05, 4.69) is 17.4 Å². The Labute approximate surface area is 187 Å². The summed E-state index contributed by atoms with van der Waals surface area (Å²) in [5.74, 6) is -0.541. The molecule has 0 unspecified atom stereocenters. The highest BCUT2D eigenvalue weighted by atomic mass is 32.1. The Hall–Kier alpha value is -2.96. The Morgan fingerprint density at radius 1 is 1.03 bits per heavy atom. The van der Waals surface area contributed by atoms with Gasteiger partial charge in [0.25, 0.3) is 5.91 Å². The van der Waals surface area contributed by atoms with Crippen molar-refractivity contribution in [3.63, 3.8) is 0 Å². The van der Waals surface area contributed by atoms with Gasteiger partial charge in [0, 0.05) is 16.9 Å². The smallest absolute Gasteiger partial charge is 0.341 e. The lowest BCUT2D eigenvalue weighted by Crippen LogP contribution is -2.86. The first-order valence-electron chi connectivity index (χ1n) is 10.5. The highest BCUT2D eigenvalue weighted by Crippen LogP contribution is 2.40. The van der Waals surface area contributed by atoms with Gasteiger partial charge in [0.2, 0.25) is 0 Å². The molecule has 6 heteroatoms. The third-order valence-corrected chi connectivity index (χ3v) is 5.99. The number of ether oxygens (including phenoxy) is 1. The van der Waals surface area contributed by atoms with Crippen LogP contribution in [0.15, 0.2) is 54.6 Å². The van der Waals surface area contributed by atoms with Gasteiger partial charge in [-0.25, -0.2) is 4.79 Å². The number of benzene rings is 2. The largest absolute Gasteiger partial charge is 0.462 e. The Kier molecular flexibility index (Phi) is 7.98. The van der Waals surface area contributed by atoms with Crippen molar-refractivity contribution in [2.75, 3.05) is 25.0 Å². The highest BCUT2D eigenvalue weighted by molar-refractivity contribution is 7.17. The first kappa shape index (κ1) is 22.7. The van der Waals surface area contributed by atoms with E-state index in [1.165, 1.54) is 16.9 Å². The average molecular weight is 438 g/mol. The van der Waals surface area contributed by atoms with Crippen LogP contribution in [0.25, 0.3) is 11.1 Å². The lowest BCUT2D eigenvalue weighted by atomic mass is 10.0. The minimum absolute atomic E-state index is 0.129. The maximum Gasteiger partial charge on any atom is 0.341 e. The van der Waals surface area contributed by atoms with Gasteiger partial charge in [-0.2, -0.15) is 0 Å². The molecule has 31 heavy (non-hydrogen) atoms. The summed E-state index contributed by atoms with van der Waals surface area (Å²) in [4.78, 5) is 26.3. The van der Waals surface area contributed by atoms with Crippen LogP contribution in [-0.4, -0.2) is 31.6 Å². The monoisotopic (exact) mass is 437 g/mol. The molecule has 0 aliphatic rings. The summed E-state index contributed by atoms with van der Waals surface area (Å²) in [5, 5.41) is 5.47. The highest BCUT2D eigenvalue weighted by Gasteiger charge is 2.25. The Morgan fingerprint density at radius 2 is 1.74 bits per heavy atom. The molecular formula is C25H29N2O3S+. The predicted octanol–water partition coefficient (Wildman–Crippen LogP) is 3.95. The number of aryl methyl sites for hydroxylation is 2. The standard InChI is InChI=1S/C25H28N2O3S/c1-4-30-25(29)23-22(20-12-10-17(2)11-13-20)18(3)31-24(23)27-21(28)16-26-15-14-19-8-6-5-7-9-19/h5-13,26H,4,14-16H2,1-3H3,(H,27,28)/p+1. The maximum atomic E-state index is 12.8. The van der Waals surface area contributed by atoms with E-state index in [1.807, 2.05) is 61.6 Å². The molecular weight excluding hydrogens is 408 g/mol. The Bertz CT molecular complexity index is 1030. The number of carbonyl (C=O) groups excluding carboxylic acids is 2. The summed E-state index contributed by atoms with van der Waals surface area (Å²) in [6, 6.07) is 18.2. The number of nitrogens with two attached hydrogens (primary N) is 1. The molecule has 0 saturated heterocycles. The zero-order valence-electron chi connectivity index (χ0n) is 18.2. The van der Waals surface area contributed by atoms with Crippen LogP contribution in [0.4, 0.5) is 5.00 Å². The first-order valence-corrected chi connectivity index (χ1v) is 11.3. The topological polar surface area (TPSA) is 72.0 Å². The van der Waals surface area contributed by atoms with E-state index in [-0.39, 0.29) is 12.5 Å². The molecule has 0 spiro atoms. The van der Waals surface area contributed by atoms with Crippen molar-refractivity contribution in [1.29, 1.82) is 0 Å². The lowest BCUT2D eigenvalue weighted by molar-refractivity contribution is -0.643. The molecule has 3 aromatic rings. The predicted molar refractivity (Wildman–Crippen MR) is 126 cm³/mol. The van der Waals surface area contributed by atoms with Crippen LogP contribution in [0.1, 0.15) is 33.3 Å². The van der Waals surface area contributed by atoms with Crippen molar-refractivity contribution in [3.8, 4) is 11.1 Å². The second-order valence-electron chi connectivity index (χ2n) is 7.39. The number of amides is 1. The van der Waals surface area contributed by atoms with Crippen LogP contribution in [0, 0.1) is 13.8 Å². The van der Waals surface area contributed by atoms with Crippen LogP contribution >= 0.6 is 11.3 Å². The SMILES string of the molecule is CCOC(=O)c1c(NC(=O)C[NH2+]CCc2ccccc2)sc(C)c1-c1ccc(C)cc1. The summed E-state index contributed by atoms with van der Waals surface area (Å²) >= 11 is 1.41. The van der Waals surface area contributed by atoms with Crippen molar-refractivity contribution >= 4 is 28.2 Å². The second-order valence-corrected chi connectivity index (χ2v) is 8.61. The van der Waals surface area contributed by atoms with Gasteiger partial charge in [-0.15, -0.1) is 11.3 Å². The van der Waals surface area contributed by atoms with Crippen LogP contribution in [0.2, 0.25) is 0 Å². The molecule has 3 N–H and O–H groups in total. The van der Waals surface area contributed by atoms with Crippen LogP contribution in [0.5, 0.6) is 0 Å². The molecule has 0 aliphatic heterocycles. The maximum absolute atomic E-state index is 12.8. The normalized spacial score (nSPS) is 10.7. The van der Waals surface area contributed by atoms with Gasteiger partial charge in [0.05, 0.1) is 13.2 Å². The van der Waals surface area contributed by atoms with E-state index >= 15 is 0 Å². The van der Waals surface area contributed by atoms with E-state index in [9.17, 15) is 9.59 Å². The van der Waals surface area contributed by atoms with Crippen molar-refractivity contribution in [2.45, 2.75) is 27.2 Å². The van der Waals surface area contributed by atoms with E-state index in [0.29, 0.717) is 17.1 Å². The van der Waals surface area contributed by atoms with Crippen LogP contribution < -0.4 is 10.6 Å². The van der Waals surface area contributed by atoms with Crippen molar-refractivity contribution in [2.24, 2.45) is 0 Å². The summed E-state index contributed by atoms with van der Waals surface area (Å²) in [7, 11) is 0. The van der Waals surface area contributed by atoms with Crippen LogP contribution in [-0.2, 0) is 16.0 Å². The molecule has 2 aromatic carbocycles. The number of hydrogen-bond donors (Lipinski definition) is 2. The van der Waals surface area contributed by atoms with Crippen molar-refractivity contribution in [1.82, 2.24) is 0 Å². The molecule has 0 atom stereocenters. The number of rotatable bonds is 9. The van der Waals surface area contributed by atoms with E-state index in [1.54, 1.807) is 6.92 Å². The van der Waals surface area contributed by atoms with Gasteiger partial charge in [-0.3, -0.25) is 4.79 Å². The molecule has 0 radical (unpaired) electrons. The summed E-state index contributed by atoms with van der Waals surface area (Å²) < 4.78 is 5.31. The zero-order chi connectivity index (χ0) is 22.2. The fraction of sp³-hybridized carbons (Fsp3) is 0.280. The lowest BCUT2D eigenvalue weighted by Gasteiger charge is -2.09. The van der Waals surface area contributed by atoms with Crippen molar-refractivity contribution in [3.05, 3.63) is 76.2 Å². The molecule has 3 rings (SSSR count). The summed E-state index contributed by atoms with van der Waals surface area (Å²) in [6.45, 7) is 7.16. The van der Waals surface area contributed by atoms with Crippen molar-refractivity contribution < 1.29 is 19.6 Å². The molecule has 0 bridgehead atoms. The Balaban J connectivity index is 1.72. The van der Waals surface area contributed by atoms with E-state index in [4.69, 9.17) is 4.74 Å². The molecule has 1 aromatic heterocycles. The van der Waals surface area contributed by atoms with Gasteiger partial charge in [0.1, 0.15) is 10.6 Å². The fourth-order valence-electron chi connectivity index (χ4n) is 3.42. The fourth-order valence-corrected chi connectivity index (χ4v) is 4.50. The molecule has 162 valence electrons. The van der Waals surface area contributed by atoms with E-state index < -0.39 is 5.97 Å². The molecule has 0 aliphatic carbocycles. The number of quaternary nitrogens is 1. The van der Waals surface area contributed by atoms with Gasteiger partial charge in [0.15, 0.2) is 6.54 Å². The minimum atomic E-state index is -0.411. The number of esters is 1. The van der Waals surface area contributed by atoms with Gasteiger partial charge >= 0.3 is 5.97 Å². The molecule has 5 nitrogen and oxygen atoms in total. The van der Waals surface area contributed by atoms with Gasteiger partial charge in [-0.1, -0.05) is 60.2 Å². The summed E-state index contributed by atoms with van der Waals surface area (Å²) in [6.07, 6.45) is 0.901. The average Bonchev–Trinajstić information content (AvgIpc) is 3.08. The molecule has 0 fully saturated rings. The number of thiophene rings is 1. The number of hydrogen-bond acceptors (Lipinski definition) is 4. The number of nitrogens with one attached hydrogen (secondary N) is 1. The van der Waals surface area contributed by atoms with Gasteiger partial charge in [-0.05, 0) is 31.9 Å². The third kappa shape index (κ3) is 6.03. The molecule has 1 heterocycles. The number of anilines is 1. The molecule has 0 saturated carbocycles. The van der Waals surface area contributed by atoms with Gasteiger partial charge < -0.3 is 15.4 Å². The second kappa shape index (κ2) is 10.9. The molecule has 1 amide bonds. The third-order valence-electron chi connectivity index (χ3n) is 4.97. The minimum Gasteiger partial charge on any atom is -0.462 e. The van der Waals surface area contributed by atoms with E-state index in [0.717, 1.165) is 34.5 Å². The first-order chi connectivity index (χ1) is 15.0. The quantitative estimate of drug-likeness (QED) is 0.393. The number of carbonyl (C=O) groups is 2. The van der Waals surface area contributed by atoms with Crippen LogP contribution in [0.3, 0.4) is 0 Å². The zero-order valence-corrected chi connectivity index (χ0v) is 19.1. The summed E-state index contributed by atoms with van der Waals surface area (Å²) in [5.41, 5.74) is 4.60.